The lowest BCUT2D eigenvalue weighted by atomic mass is 9.84. The second kappa shape index (κ2) is 10.3. The van der Waals surface area contributed by atoms with E-state index >= 15 is 0 Å². The Morgan fingerprint density at radius 2 is 1.63 bits per heavy atom. The summed E-state index contributed by atoms with van der Waals surface area (Å²) in [6, 6.07) is 20.1. The van der Waals surface area contributed by atoms with E-state index in [0.29, 0.717) is 12.8 Å². The van der Waals surface area contributed by atoms with Gasteiger partial charge in [-0.1, -0.05) is 112 Å². The molecule has 0 spiro atoms. The molecule has 0 heterocycles. The van der Waals surface area contributed by atoms with Crippen molar-refractivity contribution in [3.63, 3.8) is 0 Å². The molecule has 2 aliphatic rings. The predicted octanol–water partition coefficient (Wildman–Crippen LogP) is 6.95. The zero-order valence-electron chi connectivity index (χ0n) is 18.3. The lowest BCUT2D eigenvalue weighted by Gasteiger charge is -2.24. The molecule has 1 fully saturated rings. The number of carbonyl (C=O) groups is 1. The van der Waals surface area contributed by atoms with Crippen molar-refractivity contribution in [3.8, 4) is 0 Å². The number of hydrogen-bond acceptors (Lipinski definition) is 2. The van der Waals surface area contributed by atoms with Crippen LogP contribution in [0.25, 0.3) is 0 Å². The molecule has 0 aliphatic heterocycles. The molecule has 1 saturated carbocycles. The topological polar surface area (TPSA) is 29.4 Å². The summed E-state index contributed by atoms with van der Waals surface area (Å²) in [6.07, 6.45) is 11.1. The van der Waals surface area contributed by atoms with Gasteiger partial charge in [0.2, 0.25) is 0 Å². The van der Waals surface area contributed by atoms with Crippen molar-refractivity contribution < 1.29 is 4.79 Å². The summed E-state index contributed by atoms with van der Waals surface area (Å²) in [5.74, 6) is 1.21. The van der Waals surface area contributed by atoms with Gasteiger partial charge in [-0.2, -0.15) is 0 Å². The lowest BCUT2D eigenvalue weighted by molar-refractivity contribution is -0.121. The molecule has 156 valence electrons. The number of benzene rings is 2. The first kappa shape index (κ1) is 22.0. The first-order chi connectivity index (χ1) is 14.6. The van der Waals surface area contributed by atoms with E-state index in [2.05, 4.69) is 19.6 Å². The second-order valence-corrected chi connectivity index (χ2v) is 8.35. The van der Waals surface area contributed by atoms with Crippen LogP contribution in [0.15, 0.2) is 90.0 Å². The van der Waals surface area contributed by atoms with Crippen LogP contribution in [0.4, 0.5) is 0 Å². The van der Waals surface area contributed by atoms with Gasteiger partial charge in [0.25, 0.3) is 0 Å². The van der Waals surface area contributed by atoms with E-state index in [-0.39, 0.29) is 5.78 Å². The Labute approximate surface area is 181 Å². The highest BCUT2D eigenvalue weighted by molar-refractivity contribution is 6.14. The summed E-state index contributed by atoms with van der Waals surface area (Å²) in [5.41, 5.74) is 3.29. The molecule has 0 radical (unpaired) electrons. The van der Waals surface area contributed by atoms with Gasteiger partial charge in [-0.25, -0.2) is 0 Å². The van der Waals surface area contributed by atoms with Gasteiger partial charge in [-0.05, 0) is 24.8 Å². The minimum absolute atomic E-state index is 0.0972. The normalized spacial score (nSPS) is 20.3. The third-order valence-corrected chi connectivity index (χ3v) is 6.34. The average molecular weight is 400 g/mol. The number of aliphatic imine (C=N–C) groups is 1. The molecule has 0 N–H and O–H groups in total. The molecule has 4 rings (SSSR count). The highest BCUT2D eigenvalue weighted by atomic mass is 16.1. The fraction of sp³-hybridized carbons (Fsp3) is 0.357. The van der Waals surface area contributed by atoms with E-state index in [1.165, 1.54) is 25.7 Å². The molecule has 30 heavy (non-hydrogen) atoms. The maximum absolute atomic E-state index is 12.5. The standard InChI is InChI=1S/C22H21NO.C6H12/c1-3-18-14-15-22(16-18,17(2)24)23-21(19-10-6-4-7-11-19)20-12-8-5-9-13-20;1-2-6-4-3-5-6/h3-14H,1,15-16H2,2H3;6H,2-5H2,1H3. The highest BCUT2D eigenvalue weighted by Crippen LogP contribution is 2.35. The Hall–Kier alpha value is -2.74. The number of carbonyl (C=O) groups excluding carboxylic acids is 1. The molecule has 0 saturated heterocycles. The zero-order valence-corrected chi connectivity index (χ0v) is 18.3. The first-order valence-corrected chi connectivity index (χ1v) is 11.1. The van der Waals surface area contributed by atoms with Crippen LogP contribution in [0.1, 0.15) is 63.5 Å². The maximum atomic E-state index is 12.5. The van der Waals surface area contributed by atoms with Gasteiger partial charge >= 0.3 is 0 Å². The van der Waals surface area contributed by atoms with Crippen LogP contribution in [0, 0.1) is 5.92 Å². The molecule has 2 aliphatic carbocycles. The van der Waals surface area contributed by atoms with Gasteiger partial charge in [0, 0.05) is 17.5 Å². The zero-order chi connectivity index (χ0) is 21.4. The fourth-order valence-electron chi connectivity index (χ4n) is 3.97. The molecule has 0 amide bonds. The molecule has 0 aromatic heterocycles. The van der Waals surface area contributed by atoms with Gasteiger partial charge in [-0.3, -0.25) is 9.79 Å². The van der Waals surface area contributed by atoms with Crippen molar-refractivity contribution >= 4 is 11.5 Å². The smallest absolute Gasteiger partial charge is 0.157 e. The molecular weight excluding hydrogens is 366 g/mol. The number of ketones is 1. The van der Waals surface area contributed by atoms with Crippen LogP contribution in [-0.4, -0.2) is 17.0 Å². The van der Waals surface area contributed by atoms with Gasteiger partial charge in [0.1, 0.15) is 5.54 Å². The number of hydrogen-bond donors (Lipinski definition) is 0. The number of rotatable bonds is 6. The third-order valence-electron chi connectivity index (χ3n) is 6.34. The first-order valence-electron chi connectivity index (χ1n) is 11.1. The van der Waals surface area contributed by atoms with Crippen molar-refractivity contribution in [2.24, 2.45) is 10.9 Å². The second-order valence-electron chi connectivity index (χ2n) is 8.35. The summed E-state index contributed by atoms with van der Waals surface area (Å²) >= 11 is 0. The summed E-state index contributed by atoms with van der Waals surface area (Å²) in [6.45, 7) is 7.75. The van der Waals surface area contributed by atoms with E-state index in [1.54, 1.807) is 6.92 Å². The van der Waals surface area contributed by atoms with E-state index < -0.39 is 5.54 Å². The van der Waals surface area contributed by atoms with Crippen molar-refractivity contribution in [2.75, 3.05) is 0 Å². The quantitative estimate of drug-likeness (QED) is 0.483. The lowest BCUT2D eigenvalue weighted by Crippen LogP contribution is -2.34. The van der Waals surface area contributed by atoms with Crippen LogP contribution in [0.3, 0.4) is 0 Å². The Bertz CT molecular complexity index is 862. The van der Waals surface area contributed by atoms with Gasteiger partial charge < -0.3 is 0 Å². The van der Waals surface area contributed by atoms with E-state index in [9.17, 15) is 4.79 Å². The molecular formula is C28H33NO. The Morgan fingerprint density at radius 3 is 1.97 bits per heavy atom. The molecule has 2 nitrogen and oxygen atoms in total. The molecule has 1 unspecified atom stereocenters. The van der Waals surface area contributed by atoms with Crippen LogP contribution in [0.2, 0.25) is 0 Å². The molecule has 2 aromatic rings. The highest BCUT2D eigenvalue weighted by Gasteiger charge is 2.38. The van der Waals surface area contributed by atoms with Crippen LogP contribution >= 0.6 is 0 Å². The number of nitrogens with zero attached hydrogens (tertiary/aromatic N) is 1. The maximum Gasteiger partial charge on any atom is 0.157 e. The summed E-state index contributed by atoms with van der Waals surface area (Å²) in [4.78, 5) is 17.5. The molecule has 2 heteroatoms. The van der Waals surface area contributed by atoms with Crippen molar-refractivity contribution in [3.05, 3.63) is 96.1 Å². The Kier molecular flexibility index (Phi) is 7.57. The van der Waals surface area contributed by atoms with Crippen LogP contribution in [0.5, 0.6) is 0 Å². The summed E-state index contributed by atoms with van der Waals surface area (Å²) in [7, 11) is 0. The van der Waals surface area contributed by atoms with Gasteiger partial charge in [-0.15, -0.1) is 0 Å². The Balaban J connectivity index is 0.000000367. The SMILES string of the molecule is C=CC1=CCC(N=C(c2ccccc2)c2ccccc2)(C(C)=O)C1.CCC1CCC1. The van der Waals surface area contributed by atoms with Gasteiger partial charge in [0.05, 0.1) is 5.71 Å². The van der Waals surface area contributed by atoms with Crippen LogP contribution in [-0.2, 0) is 4.79 Å². The molecule has 0 bridgehead atoms. The summed E-state index contributed by atoms with van der Waals surface area (Å²) in [5, 5.41) is 0. The summed E-state index contributed by atoms with van der Waals surface area (Å²) < 4.78 is 0. The Morgan fingerprint density at radius 1 is 1.07 bits per heavy atom. The van der Waals surface area contributed by atoms with E-state index in [4.69, 9.17) is 4.99 Å². The molecule has 1 atom stereocenters. The van der Waals surface area contributed by atoms with Gasteiger partial charge in [0.15, 0.2) is 5.78 Å². The monoisotopic (exact) mass is 399 g/mol. The molecule has 2 aromatic carbocycles. The minimum Gasteiger partial charge on any atom is -0.297 e. The number of Topliss-reactive ketones (excluding diaryl/α,β-unsaturated/α-hetero) is 1. The van der Waals surface area contributed by atoms with E-state index in [1.807, 2.05) is 66.7 Å². The van der Waals surface area contributed by atoms with Crippen LogP contribution < -0.4 is 0 Å². The van der Waals surface area contributed by atoms with Crippen molar-refractivity contribution in [2.45, 2.75) is 57.9 Å². The predicted molar refractivity (Wildman–Crippen MR) is 127 cm³/mol. The van der Waals surface area contributed by atoms with E-state index in [0.717, 1.165) is 28.3 Å². The van der Waals surface area contributed by atoms with Crippen molar-refractivity contribution in [1.82, 2.24) is 0 Å². The fourth-order valence-corrected chi connectivity index (χ4v) is 3.97. The third kappa shape index (κ3) is 5.24. The average Bonchev–Trinajstić information content (AvgIpc) is 3.18. The largest absolute Gasteiger partial charge is 0.297 e. The van der Waals surface area contributed by atoms with Crippen molar-refractivity contribution in [1.29, 1.82) is 0 Å². The minimum atomic E-state index is -0.718. The number of allylic oxidation sites excluding steroid dienone is 1.